The third-order valence-corrected chi connectivity index (χ3v) is 23.7. The fraction of sp³-hybridized carbons (Fsp3) is 0.419. The predicted molar refractivity (Wildman–Crippen MR) is 531 cm³/mol. The number of halogens is 5. The summed E-state index contributed by atoms with van der Waals surface area (Å²) < 4.78 is 165. The summed E-state index contributed by atoms with van der Waals surface area (Å²) in [5.41, 5.74) is 14.1. The van der Waals surface area contributed by atoms with E-state index in [-0.39, 0.29) is 150 Å². The summed E-state index contributed by atoms with van der Waals surface area (Å²) in [6.07, 6.45) is -5.51. The lowest BCUT2D eigenvalue weighted by Crippen LogP contribution is -2.36. The molecule has 10 aromatic rings. The van der Waals surface area contributed by atoms with Crippen LogP contribution in [0.3, 0.4) is 0 Å². The van der Waals surface area contributed by atoms with E-state index >= 15 is 4.39 Å². The van der Waals surface area contributed by atoms with Crippen molar-refractivity contribution in [2.24, 2.45) is 5.73 Å². The molecule has 58 heteroatoms. The Bertz CT molecular complexity index is 5880. The van der Waals surface area contributed by atoms with Crippen LogP contribution in [0, 0.1) is 30.3 Å². The van der Waals surface area contributed by atoms with Gasteiger partial charge in [-0.1, -0.05) is 54.6 Å². The normalized spacial score (nSPS) is 18.2. The number of esters is 4. The lowest BCUT2D eigenvalue weighted by atomic mass is 9.81. The van der Waals surface area contributed by atoms with E-state index in [1.54, 1.807) is 160 Å². The maximum absolute atomic E-state index is 15.9. The Balaban J connectivity index is 0.000000317. The van der Waals surface area contributed by atoms with Crippen molar-refractivity contribution >= 4 is 155 Å². The predicted octanol–water partition coefficient (Wildman–Crippen LogP) is 16.5. The number of rotatable bonds is 39. The number of para-hydroxylation sites is 3. The van der Waals surface area contributed by atoms with Gasteiger partial charge in [0.1, 0.15) is 58.7 Å². The molecule has 2 aliphatic rings. The first-order chi connectivity index (χ1) is 67.1. The smallest absolute Gasteiger partial charge is 0.476 e. The number of nitrogens with one attached hydrogen (secondary N) is 3. The summed E-state index contributed by atoms with van der Waals surface area (Å²) in [5, 5.41) is 48.7. The van der Waals surface area contributed by atoms with Crippen LogP contribution in [0.1, 0.15) is 136 Å². The second kappa shape index (κ2) is 57.0. The third kappa shape index (κ3) is 39.8. The lowest BCUT2D eigenvalue weighted by Gasteiger charge is -2.24. The summed E-state index contributed by atoms with van der Waals surface area (Å²) in [4.78, 5) is 102. The van der Waals surface area contributed by atoms with Crippen LogP contribution < -0.4 is 69.1 Å². The van der Waals surface area contributed by atoms with E-state index in [1.165, 1.54) is 129 Å². The van der Waals surface area contributed by atoms with Crippen LogP contribution in [-0.4, -0.2) is 197 Å². The standard InChI is InChI=1S/C25H34FN6O7P.2C18H21N2O7P.C13H18FN5O3.C6H4Cl2NO4P.C6H13NO2.B2.ClH/c1-6-35-21-19-20(29-24(27)30-21)32(14-28-19)23-25(5,26)12-18(38-23)13-36-40(34,39-17-10-8-7-9-11-17)31-16(4)22(33)37-15(2)3;2*1-13(2)25-18(21)14(3)19-28(24,26-16-7-5-4-6-8-16)27-17-11-9-15(10-12-17)20(22)23;1-3-21-10-8-9(17-12(15)18-10)19(6-16-8)11-13(2,14)4-7(5-20)22-11;7-14(8,12)13-6-3-1-5(2-4-6)9(10)11;1-4(2)9-6(8)5(3)7;1-2;/h7-11,14-16,18,23H,6,12-13H2,1-5H3,(H,31,34)(H2,27,29,30);2*4-14H,1-3H3,(H,19,24);6-7,11,20H,3-5H2,1-2H3,(H2,15,17,18);1-4H;4-5H,7H2,1-3H3;;1H/t16-,18+,23-,25-,40?;2*14-,28?;7-,11+,13+;;5-;;/m1110.1../s1. The number of anilines is 2. The summed E-state index contributed by atoms with van der Waals surface area (Å²) in [7, 11) is -4.31. The molecule has 13 atom stereocenters. The van der Waals surface area contributed by atoms with Crippen LogP contribution in [0.25, 0.3) is 22.3 Å². The Kier molecular flexibility index (Phi) is 48.5. The van der Waals surface area contributed by atoms with Crippen LogP contribution in [0.4, 0.5) is 37.7 Å². The Morgan fingerprint density at radius 3 is 1.03 bits per heavy atom. The summed E-state index contributed by atoms with van der Waals surface area (Å²) >= 11 is 10.3. The Hall–Kier alpha value is -12.0. The number of imidazole rings is 2. The van der Waals surface area contributed by atoms with Gasteiger partial charge in [0.25, 0.3) is 17.1 Å². The molecule has 0 saturated carbocycles. The molecule has 3 unspecified atom stereocenters. The highest BCUT2D eigenvalue weighted by molar-refractivity contribution is 8.05. The summed E-state index contributed by atoms with van der Waals surface area (Å²) in [5.74, 6) is -0.843. The largest absolute Gasteiger partial charge is 0.513 e. The van der Waals surface area contributed by atoms with Crippen molar-refractivity contribution in [2.75, 3.05) is 37.9 Å². The highest BCUT2D eigenvalue weighted by Crippen LogP contribution is 2.57. The van der Waals surface area contributed by atoms with E-state index in [1.807, 2.05) is 6.92 Å². The highest BCUT2D eigenvalue weighted by Gasteiger charge is 2.50. The van der Waals surface area contributed by atoms with Gasteiger partial charge in [-0.05, 0) is 184 Å². The van der Waals surface area contributed by atoms with Gasteiger partial charge in [0.05, 0.1) is 90.5 Å². The second-order valence-corrected chi connectivity index (χ2v) is 41.0. The lowest BCUT2D eigenvalue weighted by molar-refractivity contribution is -0.385. The van der Waals surface area contributed by atoms with Crippen LogP contribution in [0.2, 0.25) is 0 Å². The zero-order chi connectivity index (χ0) is 107. The summed E-state index contributed by atoms with van der Waals surface area (Å²) in [6.45, 7) is 26.3. The van der Waals surface area contributed by atoms with E-state index in [2.05, 4.69) is 65.2 Å². The van der Waals surface area contributed by atoms with Crippen molar-refractivity contribution in [1.82, 2.24) is 54.3 Å². The number of hydrogen-bond donors (Lipinski definition) is 7. The Labute approximate surface area is 845 Å². The molecule has 4 aromatic heterocycles. The number of nitro benzene ring substituents is 3. The first-order valence-corrected chi connectivity index (χ1v) is 51.5. The first kappa shape index (κ1) is 122. The Morgan fingerprint density at radius 1 is 0.479 bits per heavy atom. The van der Waals surface area contributed by atoms with E-state index in [0.29, 0.717) is 29.9 Å². The minimum atomic E-state index is -4.15. The number of ether oxygens (including phenoxy) is 8. The van der Waals surface area contributed by atoms with Gasteiger partial charge >= 0.3 is 53.2 Å². The molecular formula is C86H112B2Cl3F2N17O30P4. The molecule has 0 amide bonds. The molecule has 2 aliphatic heterocycles. The van der Waals surface area contributed by atoms with Crippen LogP contribution in [-0.2, 0) is 70.4 Å². The molecule has 2 saturated heterocycles. The number of carbonyl (C=O) groups is 4. The van der Waals surface area contributed by atoms with Gasteiger partial charge in [0, 0.05) is 87.2 Å². The third-order valence-electron chi connectivity index (χ3n) is 18.0. The first-order valence-electron chi connectivity index (χ1n) is 43.4. The van der Waals surface area contributed by atoms with Crippen LogP contribution >= 0.6 is 64.2 Å². The molecule has 0 aliphatic carbocycles. The molecule has 0 bridgehead atoms. The van der Waals surface area contributed by atoms with E-state index < -0.39 is 122 Å². The number of non-ortho nitro benzene ring substituents is 3. The molecule has 782 valence electrons. The average molecular weight is 2150 g/mol. The van der Waals surface area contributed by atoms with Gasteiger partial charge in [0.2, 0.25) is 23.7 Å². The molecule has 47 nitrogen and oxygen atoms in total. The van der Waals surface area contributed by atoms with Crippen molar-refractivity contribution in [1.29, 1.82) is 0 Å². The number of benzene rings is 6. The maximum Gasteiger partial charge on any atom is 0.513 e. The number of nitrogens with zero attached hydrogens (tertiary/aromatic N) is 11. The van der Waals surface area contributed by atoms with E-state index in [9.17, 15) is 77.3 Å². The average Bonchev–Trinajstić information content (AvgIpc) is 1.62. The molecule has 0 spiro atoms. The molecule has 2 fully saturated rings. The highest BCUT2D eigenvalue weighted by atomic mass is 35.9. The van der Waals surface area contributed by atoms with Gasteiger partial charge in [0.15, 0.2) is 46.1 Å². The van der Waals surface area contributed by atoms with Crippen molar-refractivity contribution in [2.45, 2.75) is 208 Å². The molecule has 10 N–H and O–H groups in total. The fourth-order valence-electron chi connectivity index (χ4n) is 12.2. The zero-order valence-corrected chi connectivity index (χ0v) is 86.6. The molecule has 6 heterocycles. The molecular weight excluding hydrogens is 2040 g/mol. The van der Waals surface area contributed by atoms with Gasteiger partial charge in [-0.15, -0.1) is 12.4 Å². The molecule has 4 radical (unpaired) electrons. The van der Waals surface area contributed by atoms with Crippen molar-refractivity contribution in [3.05, 3.63) is 207 Å². The number of aromatic nitrogens is 8. The van der Waals surface area contributed by atoms with E-state index in [4.69, 9.17) is 105 Å². The minimum absolute atomic E-state index is 0. The number of alkyl halides is 2. The molecule has 144 heavy (non-hydrogen) atoms. The van der Waals surface area contributed by atoms with Crippen LogP contribution in [0.15, 0.2) is 176 Å². The Morgan fingerprint density at radius 2 is 0.757 bits per heavy atom. The number of aliphatic hydroxyl groups is 1. The number of nitro groups is 3. The number of nitrogens with two attached hydrogens (primary N) is 3. The summed E-state index contributed by atoms with van der Waals surface area (Å²) in [6, 6.07) is 36.2. The SMILES string of the molecule is CC(C)OC(=O)[C@@H](C)N.CC(C)OC(=O)[C@@H](C)NP(=O)(Oc1ccccc1)Oc1ccc([N+](=O)[O-])cc1.CC(C)OC(=O)[C@@H](C)NP(=O)(Oc1ccccc1)Oc1ccc([N+](=O)[O-])cc1.CCOc1nc(N)nc2c1ncn2[C@@H]1O[C@H](CO)C[C@@]1(C)F.CCOc1nc(N)nc2c1ncn2[C@@H]1O[C@H](COP(=O)(N[C@H](C)C(=O)OC(C)C)Oc2ccccc2)C[C@@]1(C)F.Cl.O=[N+]([O-])c1ccc(OP(=O)(Cl)Cl)cc1.[B][B]. The topological polar surface area (TPSA) is 626 Å². The quantitative estimate of drug-likeness (QED) is 0.00470. The van der Waals surface area contributed by atoms with Crippen LogP contribution in [0.5, 0.6) is 46.3 Å². The van der Waals surface area contributed by atoms with Gasteiger partial charge in [-0.3, -0.25) is 63.2 Å². The fourth-order valence-corrected chi connectivity index (χ4v) is 17.6. The number of hydrogen-bond acceptors (Lipinski definition) is 39. The van der Waals surface area contributed by atoms with E-state index in [0.717, 1.165) is 0 Å². The van der Waals surface area contributed by atoms with Crippen molar-refractivity contribution in [3.8, 4) is 46.3 Å². The van der Waals surface area contributed by atoms with Gasteiger partial charge < -0.3 is 87.3 Å². The minimum Gasteiger partial charge on any atom is -0.476 e. The number of aliphatic hydroxyl groups excluding tert-OH is 1. The monoisotopic (exact) mass is 2150 g/mol. The second-order valence-electron chi connectivity index (χ2n) is 31.9. The van der Waals surface area contributed by atoms with Gasteiger partial charge in [-0.25, -0.2) is 37.0 Å². The zero-order valence-electron chi connectivity index (χ0n) is 80.7. The van der Waals surface area contributed by atoms with Crippen molar-refractivity contribution in [3.63, 3.8) is 0 Å². The molecule has 12 rings (SSSR count). The number of nitrogen functional groups attached to an aromatic ring is 2. The number of fused-ring (bicyclic) bond motifs is 2. The number of carbonyl (C=O) groups excluding carboxylic acids is 4. The van der Waals surface area contributed by atoms with Gasteiger partial charge in [-0.2, -0.15) is 35.2 Å². The van der Waals surface area contributed by atoms with Crippen molar-refractivity contribution < 1.29 is 136 Å². The maximum atomic E-state index is 15.9. The molecule has 6 aromatic carbocycles.